The number of anilines is 1. The normalized spacial score (nSPS) is 15.3. The van der Waals surface area contributed by atoms with Crippen LogP contribution >= 0.6 is 11.3 Å². The fourth-order valence-corrected chi connectivity index (χ4v) is 5.26. The lowest BCUT2D eigenvalue weighted by Crippen LogP contribution is -2.30. The smallest absolute Gasteiger partial charge is 0.320 e. The Hall–Kier alpha value is -4.25. The fraction of sp³-hybridized carbons (Fsp3) is 0.259. The van der Waals surface area contributed by atoms with Gasteiger partial charge in [0.25, 0.3) is 0 Å². The standard InChI is InChI=1S/C27H25FN6O3S/c1-33-10-11-34(27(33)36)15-16-2-6-20(30-14-16)24-13-21-25(38-24)23(8-9-29-21)37-22-7-5-18(12-19(22)28)32-26(35)31-17-3-4-17/h2,5-9,12-14,17H,3-4,10-11,15H2,1H3,(H2,31,32,35). The van der Waals surface area contributed by atoms with Crippen LogP contribution in [0.5, 0.6) is 11.5 Å². The molecule has 0 spiro atoms. The highest BCUT2D eigenvalue weighted by atomic mass is 32.1. The number of amides is 4. The third kappa shape index (κ3) is 5.10. The fourth-order valence-electron chi connectivity index (χ4n) is 4.22. The lowest BCUT2D eigenvalue weighted by atomic mass is 10.2. The zero-order valence-electron chi connectivity index (χ0n) is 20.6. The topological polar surface area (TPSA) is 99.7 Å². The van der Waals surface area contributed by atoms with Crippen LogP contribution < -0.4 is 15.4 Å². The van der Waals surface area contributed by atoms with Crippen LogP contribution in [0.1, 0.15) is 18.4 Å². The van der Waals surface area contributed by atoms with Gasteiger partial charge in [0.05, 0.1) is 20.8 Å². The molecule has 1 aliphatic heterocycles. The van der Waals surface area contributed by atoms with Gasteiger partial charge >= 0.3 is 12.1 Å². The molecule has 11 heteroatoms. The molecule has 2 fully saturated rings. The Morgan fingerprint density at radius 2 is 2.00 bits per heavy atom. The van der Waals surface area contributed by atoms with Crippen molar-refractivity contribution in [3.8, 4) is 22.1 Å². The summed E-state index contributed by atoms with van der Waals surface area (Å²) >= 11 is 1.46. The average molecular weight is 533 g/mol. The minimum absolute atomic E-state index is 0.0265. The average Bonchev–Trinajstić information content (AvgIpc) is 3.51. The second kappa shape index (κ2) is 9.90. The van der Waals surface area contributed by atoms with Gasteiger partial charge in [-0.15, -0.1) is 11.3 Å². The largest absolute Gasteiger partial charge is 0.453 e. The Morgan fingerprint density at radius 1 is 1.13 bits per heavy atom. The highest BCUT2D eigenvalue weighted by Gasteiger charge is 2.25. The van der Waals surface area contributed by atoms with Crippen molar-refractivity contribution in [2.75, 3.05) is 25.5 Å². The van der Waals surface area contributed by atoms with Crippen molar-refractivity contribution in [2.24, 2.45) is 0 Å². The number of ether oxygens (including phenoxy) is 1. The maximum absolute atomic E-state index is 14.8. The number of nitrogens with zero attached hydrogens (tertiary/aromatic N) is 4. The molecule has 194 valence electrons. The molecule has 1 aromatic carbocycles. The summed E-state index contributed by atoms with van der Waals surface area (Å²) in [5.74, 6) is -0.0632. The van der Waals surface area contributed by atoms with E-state index in [1.54, 1.807) is 41.4 Å². The Kier molecular flexibility index (Phi) is 6.28. The van der Waals surface area contributed by atoms with Crippen molar-refractivity contribution in [3.05, 3.63) is 66.2 Å². The van der Waals surface area contributed by atoms with Crippen LogP contribution in [0.4, 0.5) is 19.7 Å². The van der Waals surface area contributed by atoms with Gasteiger partial charge < -0.3 is 25.2 Å². The number of hydrogen-bond acceptors (Lipinski definition) is 6. The number of carbonyl (C=O) groups is 2. The molecule has 0 atom stereocenters. The predicted octanol–water partition coefficient (Wildman–Crippen LogP) is 5.44. The molecule has 1 aliphatic carbocycles. The van der Waals surface area contributed by atoms with E-state index >= 15 is 0 Å². The van der Waals surface area contributed by atoms with Gasteiger partial charge in [-0.25, -0.2) is 14.0 Å². The van der Waals surface area contributed by atoms with Crippen LogP contribution in [-0.2, 0) is 6.54 Å². The molecule has 9 nitrogen and oxygen atoms in total. The minimum Gasteiger partial charge on any atom is -0.453 e. The maximum Gasteiger partial charge on any atom is 0.320 e. The van der Waals surface area contributed by atoms with Crippen LogP contribution in [-0.4, -0.2) is 58.0 Å². The van der Waals surface area contributed by atoms with E-state index in [1.165, 1.54) is 23.5 Å². The second-order valence-electron chi connectivity index (χ2n) is 9.43. The molecule has 0 unspecified atom stereocenters. The third-order valence-electron chi connectivity index (χ3n) is 6.45. The van der Waals surface area contributed by atoms with E-state index in [2.05, 4.69) is 20.6 Å². The Bertz CT molecular complexity index is 1520. The zero-order valence-corrected chi connectivity index (χ0v) is 21.4. The summed E-state index contributed by atoms with van der Waals surface area (Å²) in [6.07, 6.45) is 5.34. The Balaban J connectivity index is 1.17. The van der Waals surface area contributed by atoms with Crippen molar-refractivity contribution < 1.29 is 18.7 Å². The number of rotatable bonds is 7. The molecule has 4 heterocycles. The molecule has 1 saturated carbocycles. The SMILES string of the molecule is CN1CCN(Cc2ccc(-c3cc4nccc(Oc5ccc(NC(=O)NC6CC6)cc5F)c4s3)nc2)C1=O. The molecule has 3 aromatic heterocycles. The van der Waals surface area contributed by atoms with Crippen LogP contribution in [0.15, 0.2) is 54.9 Å². The van der Waals surface area contributed by atoms with Gasteiger partial charge in [-0.3, -0.25) is 9.97 Å². The van der Waals surface area contributed by atoms with Crippen molar-refractivity contribution in [1.82, 2.24) is 25.1 Å². The van der Waals surface area contributed by atoms with Crippen molar-refractivity contribution in [2.45, 2.75) is 25.4 Å². The predicted molar refractivity (Wildman–Crippen MR) is 143 cm³/mol. The number of urea groups is 2. The maximum atomic E-state index is 14.8. The summed E-state index contributed by atoms with van der Waals surface area (Å²) in [6.45, 7) is 1.96. The second-order valence-corrected chi connectivity index (χ2v) is 10.5. The number of thiophene rings is 1. The number of hydrogen-bond donors (Lipinski definition) is 2. The zero-order chi connectivity index (χ0) is 26.2. The number of likely N-dealkylation sites (N-methyl/N-ethyl adjacent to an activating group) is 1. The highest BCUT2D eigenvalue weighted by molar-refractivity contribution is 7.22. The van der Waals surface area contributed by atoms with Gasteiger partial charge in [-0.05, 0) is 42.7 Å². The number of fused-ring (bicyclic) bond motifs is 1. The Morgan fingerprint density at radius 3 is 2.71 bits per heavy atom. The number of halogens is 1. The van der Waals surface area contributed by atoms with Crippen LogP contribution in [0.2, 0.25) is 0 Å². The van der Waals surface area contributed by atoms with E-state index in [0.29, 0.717) is 24.5 Å². The first-order valence-electron chi connectivity index (χ1n) is 12.3. The van der Waals surface area contributed by atoms with Crippen LogP contribution in [0.3, 0.4) is 0 Å². The molecule has 38 heavy (non-hydrogen) atoms. The highest BCUT2D eigenvalue weighted by Crippen LogP contribution is 2.39. The number of carbonyl (C=O) groups excluding carboxylic acids is 2. The van der Waals surface area contributed by atoms with Crippen molar-refractivity contribution in [1.29, 1.82) is 0 Å². The monoisotopic (exact) mass is 532 g/mol. The van der Waals surface area contributed by atoms with Gasteiger partial charge in [-0.2, -0.15) is 0 Å². The summed E-state index contributed by atoms with van der Waals surface area (Å²) in [6, 6.07) is 11.7. The third-order valence-corrected chi connectivity index (χ3v) is 7.61. The number of benzene rings is 1. The van der Waals surface area contributed by atoms with E-state index < -0.39 is 5.82 Å². The first-order valence-corrected chi connectivity index (χ1v) is 13.1. The summed E-state index contributed by atoms with van der Waals surface area (Å²) in [7, 11) is 1.80. The number of aromatic nitrogens is 2. The van der Waals surface area contributed by atoms with E-state index in [0.717, 1.165) is 45.7 Å². The molecule has 4 amide bonds. The molecular formula is C27H25FN6O3S. The van der Waals surface area contributed by atoms with E-state index in [4.69, 9.17) is 4.74 Å². The van der Waals surface area contributed by atoms with Gasteiger partial charge in [0.15, 0.2) is 11.6 Å². The summed E-state index contributed by atoms with van der Waals surface area (Å²) in [5, 5.41) is 5.45. The molecule has 0 radical (unpaired) electrons. The van der Waals surface area contributed by atoms with Gasteiger partial charge in [0.1, 0.15) is 5.75 Å². The summed E-state index contributed by atoms with van der Waals surface area (Å²) in [4.78, 5) is 37.5. The van der Waals surface area contributed by atoms with Crippen molar-refractivity contribution in [3.63, 3.8) is 0 Å². The van der Waals surface area contributed by atoms with E-state index in [1.807, 2.05) is 18.2 Å². The first kappa shape index (κ1) is 24.1. The Labute approximate surface area is 222 Å². The summed E-state index contributed by atoms with van der Waals surface area (Å²) in [5.41, 5.74) is 2.80. The summed E-state index contributed by atoms with van der Waals surface area (Å²) < 4.78 is 21.5. The molecule has 2 N–H and O–H groups in total. The van der Waals surface area contributed by atoms with Gasteiger partial charge in [-0.1, -0.05) is 6.07 Å². The number of pyridine rings is 2. The van der Waals surface area contributed by atoms with Gasteiger partial charge in [0, 0.05) is 62.9 Å². The first-order chi connectivity index (χ1) is 18.4. The lowest BCUT2D eigenvalue weighted by Gasteiger charge is -2.15. The quantitative estimate of drug-likeness (QED) is 0.330. The molecule has 0 bridgehead atoms. The van der Waals surface area contributed by atoms with Crippen LogP contribution in [0.25, 0.3) is 20.8 Å². The molecule has 6 rings (SSSR count). The van der Waals surface area contributed by atoms with Crippen molar-refractivity contribution >= 4 is 39.3 Å². The van der Waals surface area contributed by atoms with Gasteiger partial charge in [0.2, 0.25) is 0 Å². The molecule has 2 aliphatic rings. The lowest BCUT2D eigenvalue weighted by molar-refractivity contribution is 0.197. The molecular weight excluding hydrogens is 507 g/mol. The molecule has 4 aromatic rings. The van der Waals surface area contributed by atoms with Crippen LogP contribution in [0, 0.1) is 5.82 Å². The minimum atomic E-state index is -0.587. The number of nitrogens with one attached hydrogen (secondary N) is 2. The van der Waals surface area contributed by atoms with E-state index in [-0.39, 0.29) is 23.9 Å². The van der Waals surface area contributed by atoms with E-state index in [9.17, 15) is 14.0 Å². The molecule has 1 saturated heterocycles.